The predicted molar refractivity (Wildman–Crippen MR) is 128 cm³/mol. The van der Waals surface area contributed by atoms with E-state index in [4.69, 9.17) is 4.74 Å². The van der Waals surface area contributed by atoms with Crippen LogP contribution >= 0.6 is 24.0 Å². The zero-order valence-electron chi connectivity index (χ0n) is 17.1. The van der Waals surface area contributed by atoms with Gasteiger partial charge >= 0.3 is 0 Å². The highest BCUT2D eigenvalue weighted by Gasteiger charge is 2.03. The minimum Gasteiger partial charge on any atom is -0.497 e. The Labute approximate surface area is 193 Å². The summed E-state index contributed by atoms with van der Waals surface area (Å²) in [5, 5.41) is 11.1. The third-order valence-corrected chi connectivity index (χ3v) is 4.31. The number of aromatic nitrogens is 2. The van der Waals surface area contributed by atoms with Crippen LogP contribution in [0.4, 0.5) is 4.39 Å². The van der Waals surface area contributed by atoms with Crippen LogP contribution < -0.4 is 15.4 Å². The van der Waals surface area contributed by atoms with Crippen molar-refractivity contribution in [3.8, 4) is 11.4 Å². The molecular weight excluding hydrogens is 496 g/mol. The Kier molecular flexibility index (Phi) is 9.59. The van der Waals surface area contributed by atoms with Crippen LogP contribution in [-0.2, 0) is 13.0 Å². The summed E-state index contributed by atoms with van der Waals surface area (Å²) in [7, 11) is 1.66. The fraction of sp³-hybridized carbons (Fsp3) is 0.273. The minimum absolute atomic E-state index is 0. The fourth-order valence-corrected chi connectivity index (χ4v) is 2.82. The standard InChI is InChI=1S/C22H26FN5O.HI/c1-3-24-22(26-16-17-5-4-6-21(15-17)29-2)25-13-11-19-12-14-28(27-19)20-9-7-18(23)8-10-20;/h4-10,12,14-15H,3,11,13,16H2,1-2H3,(H2,24,25,26);1H. The van der Waals surface area contributed by atoms with E-state index in [1.54, 1.807) is 23.9 Å². The van der Waals surface area contributed by atoms with Gasteiger partial charge in [-0.25, -0.2) is 14.1 Å². The number of benzene rings is 2. The number of rotatable bonds is 8. The first kappa shape index (κ1) is 23.7. The number of hydrogen-bond acceptors (Lipinski definition) is 3. The Morgan fingerprint density at radius 2 is 1.93 bits per heavy atom. The molecule has 30 heavy (non-hydrogen) atoms. The van der Waals surface area contributed by atoms with Gasteiger partial charge < -0.3 is 15.4 Å². The highest BCUT2D eigenvalue weighted by molar-refractivity contribution is 14.0. The molecule has 0 unspecified atom stereocenters. The lowest BCUT2D eigenvalue weighted by Gasteiger charge is -2.11. The van der Waals surface area contributed by atoms with Crippen molar-refractivity contribution in [1.82, 2.24) is 20.4 Å². The molecule has 0 aliphatic carbocycles. The molecule has 0 radical (unpaired) electrons. The number of nitrogens with zero attached hydrogens (tertiary/aromatic N) is 3. The molecule has 0 aliphatic heterocycles. The second-order valence-corrected chi connectivity index (χ2v) is 6.45. The summed E-state index contributed by atoms with van der Waals surface area (Å²) in [6.45, 7) is 4.08. The van der Waals surface area contributed by atoms with Gasteiger partial charge in [0.2, 0.25) is 0 Å². The van der Waals surface area contributed by atoms with Gasteiger partial charge in [0.1, 0.15) is 11.6 Å². The molecule has 0 atom stereocenters. The number of halogens is 2. The molecule has 3 rings (SSSR count). The lowest BCUT2D eigenvalue weighted by atomic mass is 10.2. The molecule has 1 heterocycles. The third kappa shape index (κ3) is 7.01. The first-order valence-corrected chi connectivity index (χ1v) is 9.63. The number of nitrogens with one attached hydrogen (secondary N) is 2. The quantitative estimate of drug-likeness (QED) is 0.267. The Balaban J connectivity index is 0.00000320. The number of ether oxygens (including phenoxy) is 1. The predicted octanol–water partition coefficient (Wildman–Crippen LogP) is 3.94. The molecular formula is C22H27FIN5O. The van der Waals surface area contributed by atoms with Crippen molar-refractivity contribution >= 4 is 29.9 Å². The average Bonchev–Trinajstić information content (AvgIpc) is 3.21. The Bertz CT molecular complexity index is 943. The summed E-state index contributed by atoms with van der Waals surface area (Å²) >= 11 is 0. The number of methoxy groups -OCH3 is 1. The van der Waals surface area contributed by atoms with E-state index in [0.717, 1.165) is 41.6 Å². The second-order valence-electron chi connectivity index (χ2n) is 6.45. The average molecular weight is 523 g/mol. The van der Waals surface area contributed by atoms with Gasteiger partial charge in [-0.3, -0.25) is 0 Å². The van der Waals surface area contributed by atoms with Crippen molar-refractivity contribution in [3.63, 3.8) is 0 Å². The van der Waals surface area contributed by atoms with Crippen LogP contribution in [0.15, 0.2) is 65.8 Å². The van der Waals surface area contributed by atoms with Crippen LogP contribution in [0.1, 0.15) is 18.2 Å². The normalized spacial score (nSPS) is 11.0. The van der Waals surface area contributed by atoms with Crippen molar-refractivity contribution in [2.75, 3.05) is 20.2 Å². The largest absolute Gasteiger partial charge is 0.497 e. The topological polar surface area (TPSA) is 63.5 Å². The monoisotopic (exact) mass is 523 g/mol. The maximum Gasteiger partial charge on any atom is 0.191 e. The lowest BCUT2D eigenvalue weighted by Crippen LogP contribution is -2.38. The molecule has 0 spiro atoms. The van der Waals surface area contributed by atoms with E-state index in [1.807, 2.05) is 43.5 Å². The van der Waals surface area contributed by atoms with Gasteiger partial charge in [0.05, 0.1) is 25.0 Å². The van der Waals surface area contributed by atoms with Gasteiger partial charge in [0, 0.05) is 25.7 Å². The van der Waals surface area contributed by atoms with Crippen LogP contribution in [0.3, 0.4) is 0 Å². The molecule has 2 N–H and O–H groups in total. The first-order chi connectivity index (χ1) is 14.2. The van der Waals surface area contributed by atoms with Crippen LogP contribution in [0.5, 0.6) is 5.75 Å². The minimum atomic E-state index is -0.255. The molecule has 0 saturated carbocycles. The molecule has 8 heteroatoms. The summed E-state index contributed by atoms with van der Waals surface area (Å²) in [6, 6.07) is 16.1. The third-order valence-electron chi connectivity index (χ3n) is 4.31. The zero-order chi connectivity index (χ0) is 20.5. The van der Waals surface area contributed by atoms with Crippen LogP contribution in [0.25, 0.3) is 5.69 Å². The highest BCUT2D eigenvalue weighted by atomic mass is 127. The van der Waals surface area contributed by atoms with Gasteiger partial charge in [-0.2, -0.15) is 5.10 Å². The molecule has 0 amide bonds. The van der Waals surface area contributed by atoms with Gasteiger partial charge in [0.15, 0.2) is 5.96 Å². The van der Waals surface area contributed by atoms with E-state index in [-0.39, 0.29) is 29.8 Å². The van der Waals surface area contributed by atoms with Crippen molar-refractivity contribution in [1.29, 1.82) is 0 Å². The molecule has 0 fully saturated rings. The first-order valence-electron chi connectivity index (χ1n) is 9.63. The van der Waals surface area contributed by atoms with Crippen LogP contribution in [0.2, 0.25) is 0 Å². The van der Waals surface area contributed by atoms with Gasteiger partial charge in [-0.1, -0.05) is 12.1 Å². The van der Waals surface area contributed by atoms with Gasteiger partial charge in [-0.05, 0) is 55.0 Å². The molecule has 6 nitrogen and oxygen atoms in total. The Morgan fingerprint density at radius 1 is 1.13 bits per heavy atom. The van der Waals surface area contributed by atoms with E-state index in [2.05, 4.69) is 20.7 Å². The maximum absolute atomic E-state index is 13.1. The molecule has 3 aromatic rings. The fourth-order valence-electron chi connectivity index (χ4n) is 2.82. The molecule has 0 bridgehead atoms. The number of guanidine groups is 1. The summed E-state index contributed by atoms with van der Waals surface area (Å²) in [4.78, 5) is 4.63. The highest BCUT2D eigenvalue weighted by Crippen LogP contribution is 2.13. The van der Waals surface area contributed by atoms with Crippen molar-refractivity contribution < 1.29 is 9.13 Å². The van der Waals surface area contributed by atoms with Crippen LogP contribution in [-0.4, -0.2) is 35.9 Å². The second kappa shape index (κ2) is 12.2. The van der Waals surface area contributed by atoms with Crippen molar-refractivity contribution in [2.45, 2.75) is 19.9 Å². The smallest absolute Gasteiger partial charge is 0.191 e. The maximum atomic E-state index is 13.1. The zero-order valence-corrected chi connectivity index (χ0v) is 19.5. The Hall–Kier alpha value is -2.62. The molecule has 1 aromatic heterocycles. The number of aliphatic imine (C=N–C) groups is 1. The molecule has 160 valence electrons. The van der Waals surface area contributed by atoms with Gasteiger partial charge in [0.25, 0.3) is 0 Å². The van der Waals surface area contributed by atoms with E-state index >= 15 is 0 Å². The van der Waals surface area contributed by atoms with Crippen LogP contribution in [0, 0.1) is 5.82 Å². The molecule has 0 aliphatic rings. The van der Waals surface area contributed by atoms with Gasteiger partial charge in [-0.15, -0.1) is 24.0 Å². The summed E-state index contributed by atoms with van der Waals surface area (Å²) in [5.74, 6) is 1.33. The summed E-state index contributed by atoms with van der Waals surface area (Å²) in [6.07, 6.45) is 2.63. The van der Waals surface area contributed by atoms with E-state index in [0.29, 0.717) is 13.1 Å². The number of hydrogen-bond donors (Lipinski definition) is 2. The summed E-state index contributed by atoms with van der Waals surface area (Å²) < 4.78 is 20.1. The molecule has 0 saturated heterocycles. The lowest BCUT2D eigenvalue weighted by molar-refractivity contribution is 0.414. The SMILES string of the molecule is CCNC(=NCc1cccc(OC)c1)NCCc1ccn(-c2ccc(F)cc2)n1.I. The van der Waals surface area contributed by atoms with E-state index in [9.17, 15) is 4.39 Å². The Morgan fingerprint density at radius 3 is 2.67 bits per heavy atom. The van der Waals surface area contributed by atoms with E-state index < -0.39 is 0 Å². The van der Waals surface area contributed by atoms with E-state index in [1.165, 1.54) is 12.1 Å². The van der Waals surface area contributed by atoms with Crippen molar-refractivity contribution in [2.24, 2.45) is 4.99 Å². The van der Waals surface area contributed by atoms with Crippen molar-refractivity contribution in [3.05, 3.63) is 77.9 Å². The summed E-state index contributed by atoms with van der Waals surface area (Å²) in [5.41, 5.74) is 2.86. The molecule has 2 aromatic carbocycles.